The van der Waals surface area contributed by atoms with E-state index in [-0.39, 0.29) is 17.9 Å². The van der Waals surface area contributed by atoms with Crippen LogP contribution in [0.25, 0.3) is 0 Å². The molecule has 0 aliphatic rings. The molecular weight excluding hydrogens is 232 g/mol. The monoisotopic (exact) mass is 246 g/mol. The fraction of sp³-hybridized carbons (Fsp3) is 0.385. The van der Waals surface area contributed by atoms with Gasteiger partial charge in [0.1, 0.15) is 11.2 Å². The predicted octanol–water partition coefficient (Wildman–Crippen LogP) is 2.56. The molecule has 0 radical (unpaired) electrons. The van der Waals surface area contributed by atoms with Crippen molar-refractivity contribution in [1.82, 2.24) is 0 Å². The lowest BCUT2D eigenvalue weighted by molar-refractivity contribution is -0.385. The first kappa shape index (κ1) is 13.8. The molecule has 0 saturated heterocycles. The van der Waals surface area contributed by atoms with E-state index < -0.39 is 10.3 Å². The summed E-state index contributed by atoms with van der Waals surface area (Å²) in [5.74, 6) is -0.240. The molecule has 1 unspecified atom stereocenters. The zero-order chi connectivity index (χ0) is 13.9. The van der Waals surface area contributed by atoms with E-state index in [1.165, 1.54) is 13.0 Å². The minimum Gasteiger partial charge on any atom is -0.298 e. The summed E-state index contributed by atoms with van der Waals surface area (Å²) in [5, 5.41) is 19.9. The van der Waals surface area contributed by atoms with Gasteiger partial charge in [-0.05, 0) is 32.8 Å². The fourth-order valence-electron chi connectivity index (χ4n) is 1.68. The van der Waals surface area contributed by atoms with E-state index in [2.05, 4.69) is 0 Å². The van der Waals surface area contributed by atoms with Gasteiger partial charge in [0.25, 0.3) is 5.69 Å². The summed E-state index contributed by atoms with van der Waals surface area (Å²) in [4.78, 5) is 21.8. The largest absolute Gasteiger partial charge is 0.298 e. The van der Waals surface area contributed by atoms with Crippen molar-refractivity contribution >= 4 is 11.5 Å². The molecule has 0 amide bonds. The maximum Gasteiger partial charge on any atom is 0.272 e. The Morgan fingerprint density at radius 2 is 2.17 bits per heavy atom. The smallest absolute Gasteiger partial charge is 0.272 e. The topological polar surface area (TPSA) is 84.0 Å². The maximum atomic E-state index is 11.5. The summed E-state index contributed by atoms with van der Waals surface area (Å²) >= 11 is 0. The van der Waals surface area contributed by atoms with Crippen LogP contribution < -0.4 is 0 Å². The molecule has 18 heavy (non-hydrogen) atoms. The Balaban J connectivity index is 3.21. The molecule has 0 aliphatic carbocycles. The first-order valence-corrected chi connectivity index (χ1v) is 5.47. The van der Waals surface area contributed by atoms with Crippen molar-refractivity contribution in [3.05, 3.63) is 39.4 Å². The summed E-state index contributed by atoms with van der Waals surface area (Å²) in [6.07, 6.45) is 0.187. The van der Waals surface area contributed by atoms with Crippen molar-refractivity contribution in [2.24, 2.45) is 5.41 Å². The SMILES string of the molecule is CC(=O)C(C)(C#N)Cc1cccc([N+](=O)[O-])c1C. The number of nitro benzene ring substituents is 1. The molecule has 1 aromatic rings. The molecule has 0 N–H and O–H groups in total. The third-order valence-corrected chi connectivity index (χ3v) is 3.18. The number of nitriles is 1. The maximum absolute atomic E-state index is 11.5. The highest BCUT2D eigenvalue weighted by molar-refractivity contribution is 5.85. The lowest BCUT2D eigenvalue weighted by Crippen LogP contribution is -2.26. The molecule has 5 nitrogen and oxygen atoms in total. The second-order valence-electron chi connectivity index (χ2n) is 4.50. The number of carbonyl (C=O) groups is 1. The summed E-state index contributed by atoms with van der Waals surface area (Å²) in [6, 6.07) is 6.67. The average Bonchev–Trinajstić information content (AvgIpc) is 2.31. The highest BCUT2D eigenvalue weighted by Gasteiger charge is 2.31. The number of hydrogen-bond donors (Lipinski definition) is 0. The van der Waals surface area contributed by atoms with E-state index in [0.29, 0.717) is 11.1 Å². The predicted molar refractivity (Wildman–Crippen MR) is 65.9 cm³/mol. The van der Waals surface area contributed by atoms with Crippen molar-refractivity contribution in [2.75, 3.05) is 0 Å². The molecule has 94 valence electrons. The second kappa shape index (κ2) is 4.96. The minimum absolute atomic E-state index is 0.0105. The standard InChI is InChI=1S/C13H14N2O3/c1-9-11(5-4-6-12(9)15(17)18)7-13(3,8-14)10(2)16/h4-6H,7H2,1-3H3. The third-order valence-electron chi connectivity index (χ3n) is 3.18. The van der Waals surface area contributed by atoms with Crippen LogP contribution in [0.5, 0.6) is 0 Å². The van der Waals surface area contributed by atoms with Crippen molar-refractivity contribution in [2.45, 2.75) is 27.2 Å². The molecular formula is C13H14N2O3. The van der Waals surface area contributed by atoms with Crippen molar-refractivity contribution in [3.8, 4) is 6.07 Å². The van der Waals surface area contributed by atoms with Crippen LogP contribution in [-0.2, 0) is 11.2 Å². The lowest BCUT2D eigenvalue weighted by atomic mass is 9.80. The molecule has 0 heterocycles. The fourth-order valence-corrected chi connectivity index (χ4v) is 1.68. The van der Waals surface area contributed by atoms with E-state index in [4.69, 9.17) is 5.26 Å². The highest BCUT2D eigenvalue weighted by atomic mass is 16.6. The van der Waals surface area contributed by atoms with E-state index in [9.17, 15) is 14.9 Å². The first-order valence-electron chi connectivity index (χ1n) is 5.47. The molecule has 1 rings (SSSR count). The Bertz CT molecular complexity index is 546. The van der Waals surface area contributed by atoms with E-state index in [1.807, 2.05) is 6.07 Å². The van der Waals surface area contributed by atoms with Crippen molar-refractivity contribution in [1.29, 1.82) is 5.26 Å². The van der Waals surface area contributed by atoms with Crippen molar-refractivity contribution < 1.29 is 9.72 Å². The minimum atomic E-state index is -1.14. The molecule has 0 spiro atoms. The van der Waals surface area contributed by atoms with Gasteiger partial charge in [0, 0.05) is 11.6 Å². The Kier molecular flexibility index (Phi) is 3.82. The van der Waals surface area contributed by atoms with Crippen LogP contribution in [0.15, 0.2) is 18.2 Å². The molecule has 0 saturated carbocycles. The molecule has 1 aromatic carbocycles. The lowest BCUT2D eigenvalue weighted by Gasteiger charge is -2.18. The normalized spacial score (nSPS) is 13.4. The van der Waals surface area contributed by atoms with E-state index in [0.717, 1.165) is 0 Å². The van der Waals surface area contributed by atoms with Crippen LogP contribution in [-0.4, -0.2) is 10.7 Å². The molecule has 0 aliphatic heterocycles. The number of hydrogen-bond acceptors (Lipinski definition) is 4. The Morgan fingerprint density at radius 1 is 1.56 bits per heavy atom. The Morgan fingerprint density at radius 3 is 2.61 bits per heavy atom. The number of Topliss-reactive ketones (excluding diaryl/α,β-unsaturated/α-hetero) is 1. The number of rotatable bonds is 4. The number of nitro groups is 1. The number of nitrogens with zero attached hydrogens (tertiary/aromatic N) is 2. The summed E-state index contributed by atoms with van der Waals surface area (Å²) in [7, 11) is 0. The van der Waals surface area contributed by atoms with Crippen LogP contribution >= 0.6 is 0 Å². The first-order chi connectivity index (χ1) is 8.31. The Labute approximate surface area is 105 Å². The van der Waals surface area contributed by atoms with Crippen LogP contribution in [0.2, 0.25) is 0 Å². The molecule has 5 heteroatoms. The summed E-state index contributed by atoms with van der Waals surface area (Å²) in [5.41, 5.74) is 0.0324. The van der Waals surface area contributed by atoms with Gasteiger partial charge in [-0.15, -0.1) is 0 Å². The van der Waals surface area contributed by atoms with Crippen molar-refractivity contribution in [3.63, 3.8) is 0 Å². The summed E-state index contributed by atoms with van der Waals surface area (Å²) in [6.45, 7) is 4.54. The van der Waals surface area contributed by atoms with Crippen LogP contribution in [0, 0.1) is 33.8 Å². The number of ketones is 1. The molecule has 1 atom stereocenters. The van der Waals surface area contributed by atoms with Crippen LogP contribution in [0.4, 0.5) is 5.69 Å². The molecule has 0 aromatic heterocycles. The van der Waals surface area contributed by atoms with Crippen LogP contribution in [0.1, 0.15) is 25.0 Å². The zero-order valence-corrected chi connectivity index (χ0v) is 10.6. The van der Waals surface area contributed by atoms with Gasteiger partial charge in [0.15, 0.2) is 0 Å². The van der Waals surface area contributed by atoms with Gasteiger partial charge in [-0.25, -0.2) is 0 Å². The third kappa shape index (κ3) is 2.54. The van der Waals surface area contributed by atoms with Gasteiger partial charge >= 0.3 is 0 Å². The van der Waals surface area contributed by atoms with Crippen LogP contribution in [0.3, 0.4) is 0 Å². The zero-order valence-electron chi connectivity index (χ0n) is 10.6. The highest BCUT2D eigenvalue weighted by Crippen LogP contribution is 2.28. The summed E-state index contributed by atoms with van der Waals surface area (Å²) < 4.78 is 0. The van der Waals surface area contributed by atoms with Gasteiger partial charge < -0.3 is 0 Å². The molecule has 0 fully saturated rings. The van der Waals surface area contributed by atoms with Gasteiger partial charge in [0.05, 0.1) is 11.0 Å². The van der Waals surface area contributed by atoms with Gasteiger partial charge in [0.2, 0.25) is 0 Å². The number of benzene rings is 1. The van der Waals surface area contributed by atoms with Gasteiger partial charge in [-0.2, -0.15) is 5.26 Å². The average molecular weight is 246 g/mol. The Hall–Kier alpha value is -2.22. The number of carbonyl (C=O) groups excluding carboxylic acids is 1. The van der Waals surface area contributed by atoms with E-state index in [1.54, 1.807) is 26.0 Å². The van der Waals surface area contributed by atoms with Gasteiger partial charge in [-0.1, -0.05) is 12.1 Å². The van der Waals surface area contributed by atoms with E-state index >= 15 is 0 Å². The quantitative estimate of drug-likeness (QED) is 0.603. The molecule has 0 bridgehead atoms. The van der Waals surface area contributed by atoms with Gasteiger partial charge in [-0.3, -0.25) is 14.9 Å². The second-order valence-corrected chi connectivity index (χ2v) is 4.50.